The van der Waals surface area contributed by atoms with Crippen LogP contribution in [0.3, 0.4) is 0 Å². The summed E-state index contributed by atoms with van der Waals surface area (Å²) in [5.74, 6) is 3.18. The number of ketones is 1. The molecule has 3 saturated carbocycles. The Bertz CT molecular complexity index is 343. The van der Waals surface area contributed by atoms with E-state index in [1.165, 1.54) is 19.3 Å². The van der Waals surface area contributed by atoms with E-state index in [0.717, 1.165) is 18.3 Å². The third kappa shape index (κ3) is 1.01. The molecule has 0 amide bonds. The molecule has 3 fully saturated rings. The van der Waals surface area contributed by atoms with Crippen molar-refractivity contribution in [3.63, 3.8) is 0 Å². The van der Waals surface area contributed by atoms with Crippen molar-refractivity contribution in [2.45, 2.75) is 53.4 Å². The van der Waals surface area contributed by atoms with Gasteiger partial charge in [0.1, 0.15) is 5.78 Å². The van der Waals surface area contributed by atoms with Crippen molar-refractivity contribution >= 4 is 5.78 Å². The van der Waals surface area contributed by atoms with Gasteiger partial charge in [0.25, 0.3) is 0 Å². The van der Waals surface area contributed by atoms with Crippen molar-refractivity contribution in [2.24, 2.45) is 34.5 Å². The van der Waals surface area contributed by atoms with E-state index >= 15 is 0 Å². The first-order valence-corrected chi connectivity index (χ1v) is 6.92. The maximum atomic E-state index is 12.1. The second-order valence-electron chi connectivity index (χ2n) is 7.36. The molecule has 1 heteroatoms. The zero-order valence-corrected chi connectivity index (χ0v) is 11.0. The number of carbonyl (C=O) groups is 1. The van der Waals surface area contributed by atoms with Crippen LogP contribution in [0.4, 0.5) is 0 Å². The van der Waals surface area contributed by atoms with Crippen LogP contribution in [0.25, 0.3) is 0 Å². The second-order valence-corrected chi connectivity index (χ2v) is 7.36. The molecule has 16 heavy (non-hydrogen) atoms. The van der Waals surface area contributed by atoms with E-state index in [1.807, 2.05) is 0 Å². The number of rotatable bonds is 0. The summed E-state index contributed by atoms with van der Waals surface area (Å²) >= 11 is 0. The van der Waals surface area contributed by atoms with Gasteiger partial charge in [-0.05, 0) is 47.8 Å². The first-order valence-electron chi connectivity index (χ1n) is 6.92. The van der Waals surface area contributed by atoms with Gasteiger partial charge >= 0.3 is 0 Å². The van der Waals surface area contributed by atoms with E-state index in [0.29, 0.717) is 28.4 Å². The number of hydrogen-bond acceptors (Lipinski definition) is 1. The van der Waals surface area contributed by atoms with Crippen molar-refractivity contribution in [3.05, 3.63) is 0 Å². The van der Waals surface area contributed by atoms with Gasteiger partial charge < -0.3 is 0 Å². The maximum Gasteiger partial charge on any atom is 0.136 e. The number of Topliss-reactive ketones (excluding diaryl/α,β-unsaturated/α-hetero) is 1. The van der Waals surface area contributed by atoms with Gasteiger partial charge in [-0.25, -0.2) is 0 Å². The highest BCUT2D eigenvalue weighted by atomic mass is 16.1. The van der Waals surface area contributed by atoms with E-state index < -0.39 is 0 Å². The third-order valence-electron chi connectivity index (χ3n) is 6.48. The van der Waals surface area contributed by atoms with Crippen molar-refractivity contribution in [1.29, 1.82) is 0 Å². The largest absolute Gasteiger partial charge is 0.299 e. The van der Waals surface area contributed by atoms with Crippen LogP contribution in [0.15, 0.2) is 0 Å². The van der Waals surface area contributed by atoms with Crippen molar-refractivity contribution in [3.8, 4) is 0 Å². The van der Waals surface area contributed by atoms with E-state index in [4.69, 9.17) is 0 Å². The summed E-state index contributed by atoms with van der Waals surface area (Å²) in [6.07, 6.45) is 4.89. The van der Waals surface area contributed by atoms with E-state index in [1.54, 1.807) is 0 Å². The highest BCUT2D eigenvalue weighted by Gasteiger charge is 2.67. The van der Waals surface area contributed by atoms with Gasteiger partial charge in [0.15, 0.2) is 0 Å². The van der Waals surface area contributed by atoms with Crippen LogP contribution in [0.1, 0.15) is 53.4 Å². The lowest BCUT2D eigenvalue weighted by Gasteiger charge is -2.43. The molecular weight excluding hydrogens is 196 g/mol. The Morgan fingerprint density at radius 3 is 2.44 bits per heavy atom. The van der Waals surface area contributed by atoms with Crippen molar-refractivity contribution in [2.75, 3.05) is 0 Å². The van der Waals surface area contributed by atoms with Gasteiger partial charge in [-0.15, -0.1) is 0 Å². The predicted molar refractivity (Wildman–Crippen MR) is 65.0 cm³/mol. The lowest BCUT2D eigenvalue weighted by atomic mass is 9.60. The first-order chi connectivity index (χ1) is 7.39. The lowest BCUT2D eigenvalue weighted by Crippen LogP contribution is -2.39. The number of hydrogen-bond donors (Lipinski definition) is 0. The van der Waals surface area contributed by atoms with Crippen LogP contribution in [-0.2, 0) is 4.79 Å². The monoisotopic (exact) mass is 220 g/mol. The molecule has 3 aliphatic carbocycles. The molecule has 0 saturated heterocycles. The summed E-state index contributed by atoms with van der Waals surface area (Å²) in [6, 6.07) is 0. The molecule has 0 radical (unpaired) electrons. The summed E-state index contributed by atoms with van der Waals surface area (Å²) < 4.78 is 0. The van der Waals surface area contributed by atoms with Gasteiger partial charge in [-0.2, -0.15) is 0 Å². The standard InChI is InChI=1S/C15H24O/c1-9-5-6-11-12-7-13(16)10(2)15(9,12)8-14(11,3)4/h9-12H,5-8H2,1-4H3/t9-,10-,11-,12-,15+/m0/s1. The molecule has 2 bridgehead atoms. The zero-order valence-electron chi connectivity index (χ0n) is 11.0. The Labute approximate surface area is 99.0 Å². The first kappa shape index (κ1) is 10.8. The van der Waals surface area contributed by atoms with Crippen LogP contribution < -0.4 is 0 Å². The molecule has 3 aliphatic rings. The average molecular weight is 220 g/mol. The normalized spacial score (nSPS) is 54.1. The zero-order chi connectivity index (χ0) is 11.7. The fourth-order valence-corrected chi connectivity index (χ4v) is 5.73. The minimum atomic E-state index is 0.331. The Morgan fingerprint density at radius 2 is 1.81 bits per heavy atom. The van der Waals surface area contributed by atoms with E-state index in [2.05, 4.69) is 27.7 Å². The van der Waals surface area contributed by atoms with Gasteiger partial charge in [-0.3, -0.25) is 4.79 Å². The average Bonchev–Trinajstić information content (AvgIpc) is 2.51. The van der Waals surface area contributed by atoms with Crippen LogP contribution in [-0.4, -0.2) is 5.78 Å². The molecule has 5 atom stereocenters. The molecule has 0 unspecified atom stereocenters. The lowest BCUT2D eigenvalue weighted by molar-refractivity contribution is -0.122. The Hall–Kier alpha value is -0.330. The molecule has 1 nitrogen and oxygen atoms in total. The van der Waals surface area contributed by atoms with Crippen LogP contribution in [0.5, 0.6) is 0 Å². The summed E-state index contributed by atoms with van der Waals surface area (Å²) in [4.78, 5) is 12.1. The number of carbonyl (C=O) groups excluding carboxylic acids is 1. The van der Waals surface area contributed by atoms with Crippen molar-refractivity contribution < 1.29 is 4.79 Å². The van der Waals surface area contributed by atoms with Crippen LogP contribution in [0.2, 0.25) is 0 Å². The third-order valence-corrected chi connectivity index (χ3v) is 6.48. The molecule has 0 aromatic rings. The fourth-order valence-electron chi connectivity index (χ4n) is 5.73. The molecule has 90 valence electrons. The van der Waals surface area contributed by atoms with E-state index in [9.17, 15) is 4.79 Å². The summed E-state index contributed by atoms with van der Waals surface area (Å²) in [5, 5.41) is 0. The van der Waals surface area contributed by atoms with Gasteiger partial charge in [0.2, 0.25) is 0 Å². The second kappa shape index (κ2) is 2.91. The molecule has 3 rings (SSSR count). The quantitative estimate of drug-likeness (QED) is 0.608. The summed E-state index contributed by atoms with van der Waals surface area (Å²) in [7, 11) is 0. The minimum Gasteiger partial charge on any atom is -0.299 e. The van der Waals surface area contributed by atoms with Gasteiger partial charge in [0.05, 0.1) is 0 Å². The summed E-state index contributed by atoms with van der Waals surface area (Å²) in [5.41, 5.74) is 0.855. The smallest absolute Gasteiger partial charge is 0.136 e. The molecular formula is C15H24O. The summed E-state index contributed by atoms with van der Waals surface area (Å²) in [6.45, 7) is 9.49. The minimum absolute atomic E-state index is 0.331. The van der Waals surface area contributed by atoms with Gasteiger partial charge in [-0.1, -0.05) is 27.7 Å². The van der Waals surface area contributed by atoms with E-state index in [-0.39, 0.29) is 0 Å². The Balaban J connectivity index is 2.11. The predicted octanol–water partition coefficient (Wildman–Crippen LogP) is 3.67. The topological polar surface area (TPSA) is 17.1 Å². The molecule has 0 N–H and O–H groups in total. The molecule has 0 aromatic heterocycles. The Morgan fingerprint density at radius 1 is 1.12 bits per heavy atom. The molecule has 0 heterocycles. The highest BCUT2D eigenvalue weighted by molar-refractivity contribution is 5.85. The van der Waals surface area contributed by atoms with Crippen molar-refractivity contribution in [1.82, 2.24) is 0 Å². The highest BCUT2D eigenvalue weighted by Crippen LogP contribution is 2.71. The SMILES string of the molecule is C[C@H]1CC[C@H]2[C@@H]3CC(=O)[C@H](C)[C@@]13CC2(C)C. The van der Waals surface area contributed by atoms with Crippen LogP contribution in [0, 0.1) is 34.5 Å². The molecule has 0 spiro atoms. The fraction of sp³-hybridized carbons (Fsp3) is 0.933. The van der Waals surface area contributed by atoms with Crippen LogP contribution >= 0.6 is 0 Å². The molecule has 0 aromatic carbocycles. The maximum absolute atomic E-state index is 12.1. The molecule has 0 aliphatic heterocycles. The van der Waals surface area contributed by atoms with Gasteiger partial charge in [0, 0.05) is 12.3 Å². The Kier molecular flexibility index (Phi) is 1.97.